The second-order valence-corrected chi connectivity index (χ2v) is 2.83. The summed E-state index contributed by atoms with van der Waals surface area (Å²) in [5, 5.41) is 0. The molecule has 1 aromatic carbocycles. The van der Waals surface area contributed by atoms with Crippen LogP contribution in [0.2, 0.25) is 0 Å². The van der Waals surface area contributed by atoms with E-state index < -0.39 is 11.6 Å². The van der Waals surface area contributed by atoms with Gasteiger partial charge in [-0.05, 0) is 6.07 Å². The first kappa shape index (κ1) is 8.44. The first-order valence-electron chi connectivity index (χ1n) is 3.87. The van der Waals surface area contributed by atoms with Crippen molar-refractivity contribution < 1.29 is 18.3 Å². The van der Waals surface area contributed by atoms with E-state index in [2.05, 4.69) is 0 Å². The maximum Gasteiger partial charge on any atom is 0.162 e. The lowest BCUT2D eigenvalue weighted by molar-refractivity contribution is 0.376. The Morgan fingerprint density at radius 2 is 2.00 bits per heavy atom. The molecular formula is C9H8F2O2. The summed E-state index contributed by atoms with van der Waals surface area (Å²) < 4.78 is 35.4. The van der Waals surface area contributed by atoms with Crippen LogP contribution in [0.4, 0.5) is 8.78 Å². The van der Waals surface area contributed by atoms with Crippen molar-refractivity contribution in [1.82, 2.24) is 0 Å². The zero-order chi connectivity index (χ0) is 9.42. The molecule has 70 valence electrons. The standard InChI is InChI=1S/C9H8F2O2/c1-12-8-3-7(11)6(10)2-5(8)9-4-13-9/h2-3,9H,4H2,1H3/t9-/m1/s1. The van der Waals surface area contributed by atoms with Gasteiger partial charge >= 0.3 is 0 Å². The van der Waals surface area contributed by atoms with E-state index in [1.807, 2.05) is 0 Å². The Bertz CT molecular complexity index is 335. The van der Waals surface area contributed by atoms with Crippen LogP contribution in [-0.4, -0.2) is 13.7 Å². The van der Waals surface area contributed by atoms with E-state index in [9.17, 15) is 8.78 Å². The van der Waals surface area contributed by atoms with Crippen molar-refractivity contribution in [2.45, 2.75) is 6.10 Å². The van der Waals surface area contributed by atoms with E-state index in [4.69, 9.17) is 9.47 Å². The van der Waals surface area contributed by atoms with Crippen LogP contribution >= 0.6 is 0 Å². The molecule has 13 heavy (non-hydrogen) atoms. The highest BCUT2D eigenvalue weighted by atomic mass is 19.2. The van der Waals surface area contributed by atoms with Crippen LogP contribution in [0.25, 0.3) is 0 Å². The molecule has 1 fully saturated rings. The largest absolute Gasteiger partial charge is 0.496 e. The van der Waals surface area contributed by atoms with Crippen LogP contribution in [0, 0.1) is 11.6 Å². The van der Waals surface area contributed by atoms with Gasteiger partial charge in [-0.1, -0.05) is 0 Å². The zero-order valence-corrected chi connectivity index (χ0v) is 7.01. The SMILES string of the molecule is COc1cc(F)c(F)cc1[C@H]1CO1. The van der Waals surface area contributed by atoms with Crippen LogP contribution in [0.5, 0.6) is 5.75 Å². The van der Waals surface area contributed by atoms with Crippen LogP contribution in [0.15, 0.2) is 12.1 Å². The molecule has 1 aliphatic heterocycles. The molecule has 0 radical (unpaired) electrons. The fraction of sp³-hybridized carbons (Fsp3) is 0.333. The fourth-order valence-corrected chi connectivity index (χ4v) is 1.20. The van der Waals surface area contributed by atoms with E-state index in [-0.39, 0.29) is 6.10 Å². The number of hydrogen-bond donors (Lipinski definition) is 0. The maximum absolute atomic E-state index is 12.8. The third-order valence-electron chi connectivity index (χ3n) is 1.95. The van der Waals surface area contributed by atoms with Crippen molar-refractivity contribution in [3.63, 3.8) is 0 Å². The van der Waals surface area contributed by atoms with Crippen LogP contribution < -0.4 is 4.74 Å². The molecule has 1 atom stereocenters. The summed E-state index contributed by atoms with van der Waals surface area (Å²) in [7, 11) is 1.42. The van der Waals surface area contributed by atoms with Crippen molar-refractivity contribution in [2.75, 3.05) is 13.7 Å². The second-order valence-electron chi connectivity index (χ2n) is 2.83. The summed E-state index contributed by atoms with van der Waals surface area (Å²) in [6.45, 7) is 0.543. The van der Waals surface area contributed by atoms with Gasteiger partial charge in [0.15, 0.2) is 11.6 Å². The van der Waals surface area contributed by atoms with Crippen LogP contribution in [0.3, 0.4) is 0 Å². The number of benzene rings is 1. The molecule has 0 spiro atoms. The first-order chi connectivity index (χ1) is 6.22. The normalized spacial score (nSPS) is 20.1. The van der Waals surface area contributed by atoms with Crippen molar-refractivity contribution in [2.24, 2.45) is 0 Å². The molecule has 2 nitrogen and oxygen atoms in total. The zero-order valence-electron chi connectivity index (χ0n) is 7.01. The number of halogens is 2. The lowest BCUT2D eigenvalue weighted by atomic mass is 10.1. The molecule has 1 saturated heterocycles. The Morgan fingerprint density at radius 3 is 2.54 bits per heavy atom. The molecule has 2 rings (SSSR count). The topological polar surface area (TPSA) is 21.8 Å². The lowest BCUT2D eigenvalue weighted by Crippen LogP contribution is -1.94. The van der Waals surface area contributed by atoms with Crippen molar-refractivity contribution in [3.8, 4) is 5.75 Å². The van der Waals surface area contributed by atoms with Crippen molar-refractivity contribution in [1.29, 1.82) is 0 Å². The van der Waals surface area contributed by atoms with E-state index in [0.717, 1.165) is 12.1 Å². The molecule has 0 aliphatic carbocycles. The molecule has 4 heteroatoms. The minimum atomic E-state index is -0.902. The molecule has 1 aliphatic rings. The summed E-state index contributed by atoms with van der Waals surface area (Å²) in [6.07, 6.45) is -0.134. The predicted octanol–water partition coefficient (Wildman–Crippen LogP) is 2.04. The third kappa shape index (κ3) is 1.49. The number of epoxide rings is 1. The van der Waals surface area contributed by atoms with E-state index in [1.54, 1.807) is 0 Å². The first-order valence-corrected chi connectivity index (χ1v) is 3.87. The summed E-state index contributed by atoms with van der Waals surface area (Å²) in [6, 6.07) is 2.15. The Kier molecular flexibility index (Phi) is 1.92. The van der Waals surface area contributed by atoms with Gasteiger partial charge in [0.1, 0.15) is 11.9 Å². The van der Waals surface area contributed by atoms with Crippen molar-refractivity contribution >= 4 is 0 Å². The number of rotatable bonds is 2. The highest BCUT2D eigenvalue weighted by molar-refractivity contribution is 5.38. The van der Waals surface area contributed by atoms with E-state index in [1.165, 1.54) is 7.11 Å². The molecule has 1 heterocycles. The third-order valence-corrected chi connectivity index (χ3v) is 1.95. The van der Waals surface area contributed by atoms with E-state index >= 15 is 0 Å². The van der Waals surface area contributed by atoms with Gasteiger partial charge in [0.2, 0.25) is 0 Å². The maximum atomic E-state index is 12.8. The molecule has 1 aromatic rings. The quantitative estimate of drug-likeness (QED) is 0.659. The molecule has 0 aromatic heterocycles. The van der Waals surface area contributed by atoms with E-state index in [0.29, 0.717) is 17.9 Å². The highest BCUT2D eigenvalue weighted by Crippen LogP contribution is 2.37. The Hall–Kier alpha value is -1.16. The van der Waals surface area contributed by atoms with Gasteiger partial charge in [0, 0.05) is 11.6 Å². The average molecular weight is 186 g/mol. The summed E-state index contributed by atoms with van der Waals surface area (Å²) in [5.74, 6) is -1.44. The predicted molar refractivity (Wildman–Crippen MR) is 41.6 cm³/mol. The highest BCUT2D eigenvalue weighted by Gasteiger charge is 2.29. The molecule has 0 saturated carbocycles. The Balaban J connectivity index is 2.46. The lowest BCUT2D eigenvalue weighted by Gasteiger charge is -2.06. The average Bonchev–Trinajstić information content (AvgIpc) is 2.92. The van der Waals surface area contributed by atoms with Gasteiger partial charge in [0.05, 0.1) is 13.7 Å². The molecular weight excluding hydrogens is 178 g/mol. The fourth-order valence-electron chi connectivity index (χ4n) is 1.20. The van der Waals surface area contributed by atoms with Gasteiger partial charge in [-0.3, -0.25) is 0 Å². The summed E-state index contributed by atoms with van der Waals surface area (Å²) in [4.78, 5) is 0. The number of hydrogen-bond acceptors (Lipinski definition) is 2. The van der Waals surface area contributed by atoms with Crippen LogP contribution in [0.1, 0.15) is 11.7 Å². The summed E-state index contributed by atoms with van der Waals surface area (Å²) >= 11 is 0. The van der Waals surface area contributed by atoms with Crippen molar-refractivity contribution in [3.05, 3.63) is 29.3 Å². The summed E-state index contributed by atoms with van der Waals surface area (Å²) in [5.41, 5.74) is 0.571. The number of methoxy groups -OCH3 is 1. The smallest absolute Gasteiger partial charge is 0.162 e. The molecule has 0 unspecified atom stereocenters. The van der Waals surface area contributed by atoms with Gasteiger partial charge < -0.3 is 9.47 Å². The Morgan fingerprint density at radius 1 is 1.38 bits per heavy atom. The molecule has 0 amide bonds. The molecule has 0 N–H and O–H groups in total. The number of ether oxygens (including phenoxy) is 2. The van der Waals surface area contributed by atoms with Gasteiger partial charge in [-0.2, -0.15) is 0 Å². The monoisotopic (exact) mass is 186 g/mol. The molecule has 0 bridgehead atoms. The van der Waals surface area contributed by atoms with Gasteiger partial charge in [-0.25, -0.2) is 8.78 Å². The minimum absolute atomic E-state index is 0.134. The van der Waals surface area contributed by atoms with Gasteiger partial charge in [-0.15, -0.1) is 0 Å². The Labute approximate surface area is 74.1 Å². The second kappa shape index (κ2) is 2.96. The van der Waals surface area contributed by atoms with Gasteiger partial charge in [0.25, 0.3) is 0 Å². The van der Waals surface area contributed by atoms with Crippen LogP contribution in [-0.2, 0) is 4.74 Å². The minimum Gasteiger partial charge on any atom is -0.496 e.